The fourth-order valence-electron chi connectivity index (χ4n) is 2.43. The Morgan fingerprint density at radius 2 is 2.21 bits per heavy atom. The van der Waals surface area contributed by atoms with Crippen molar-refractivity contribution in [2.45, 2.75) is 38.3 Å². The van der Waals surface area contributed by atoms with Gasteiger partial charge in [-0.25, -0.2) is 0 Å². The van der Waals surface area contributed by atoms with Gasteiger partial charge in [0, 0.05) is 12.0 Å². The SMILES string of the molecule is CC1CCC2(OCc3ccccc32)O1. The lowest BCUT2D eigenvalue weighted by atomic mass is 10.0. The van der Waals surface area contributed by atoms with Crippen LogP contribution in [0.4, 0.5) is 0 Å². The van der Waals surface area contributed by atoms with Crippen LogP contribution in [-0.4, -0.2) is 6.10 Å². The fraction of sp³-hybridized carbons (Fsp3) is 0.500. The van der Waals surface area contributed by atoms with Gasteiger partial charge in [-0.2, -0.15) is 0 Å². The molecule has 0 bridgehead atoms. The molecule has 0 amide bonds. The van der Waals surface area contributed by atoms with Crippen LogP contribution in [0.1, 0.15) is 30.9 Å². The van der Waals surface area contributed by atoms with Crippen molar-refractivity contribution in [3.63, 3.8) is 0 Å². The van der Waals surface area contributed by atoms with Crippen LogP contribution in [0.15, 0.2) is 24.3 Å². The Balaban J connectivity index is 2.05. The predicted molar refractivity (Wildman–Crippen MR) is 52.7 cm³/mol. The van der Waals surface area contributed by atoms with E-state index >= 15 is 0 Å². The second kappa shape index (κ2) is 2.81. The molecule has 2 aliphatic heterocycles. The average molecular weight is 190 g/mol. The number of hydrogen-bond donors (Lipinski definition) is 0. The average Bonchev–Trinajstić information content (AvgIpc) is 2.75. The van der Waals surface area contributed by atoms with Gasteiger partial charge in [-0.05, 0) is 18.9 Å². The molecule has 1 aromatic carbocycles. The molecule has 2 aliphatic rings. The number of rotatable bonds is 0. The minimum absolute atomic E-state index is 0.321. The second-order valence-corrected chi connectivity index (χ2v) is 4.17. The molecule has 74 valence electrons. The zero-order chi connectivity index (χ0) is 9.60. The molecule has 0 N–H and O–H groups in total. The van der Waals surface area contributed by atoms with E-state index in [-0.39, 0.29) is 0 Å². The van der Waals surface area contributed by atoms with Crippen molar-refractivity contribution in [1.82, 2.24) is 0 Å². The molecule has 0 radical (unpaired) electrons. The second-order valence-electron chi connectivity index (χ2n) is 4.17. The number of hydrogen-bond acceptors (Lipinski definition) is 2. The first kappa shape index (κ1) is 8.45. The van der Waals surface area contributed by atoms with Crippen LogP contribution in [0.25, 0.3) is 0 Å². The molecule has 0 aliphatic carbocycles. The molecule has 2 nitrogen and oxygen atoms in total. The summed E-state index contributed by atoms with van der Waals surface area (Å²) in [7, 11) is 0. The van der Waals surface area contributed by atoms with Gasteiger partial charge in [0.1, 0.15) is 0 Å². The highest BCUT2D eigenvalue weighted by atomic mass is 16.7. The Hall–Kier alpha value is -0.860. The van der Waals surface area contributed by atoms with E-state index in [0.717, 1.165) is 12.8 Å². The maximum atomic E-state index is 5.91. The van der Waals surface area contributed by atoms with E-state index in [1.807, 2.05) is 0 Å². The summed E-state index contributed by atoms with van der Waals surface area (Å²) in [6.45, 7) is 2.81. The lowest BCUT2D eigenvalue weighted by Gasteiger charge is -2.23. The Labute approximate surface area is 83.8 Å². The van der Waals surface area contributed by atoms with Gasteiger partial charge in [0.05, 0.1) is 12.7 Å². The van der Waals surface area contributed by atoms with Crippen molar-refractivity contribution in [1.29, 1.82) is 0 Å². The monoisotopic (exact) mass is 190 g/mol. The van der Waals surface area contributed by atoms with E-state index < -0.39 is 5.79 Å². The largest absolute Gasteiger partial charge is 0.343 e. The van der Waals surface area contributed by atoms with E-state index in [9.17, 15) is 0 Å². The summed E-state index contributed by atoms with van der Waals surface area (Å²) in [5, 5.41) is 0. The van der Waals surface area contributed by atoms with Crippen LogP contribution in [-0.2, 0) is 21.9 Å². The van der Waals surface area contributed by atoms with E-state index in [1.54, 1.807) is 0 Å². The molecular formula is C12H14O2. The Kier molecular flexibility index (Phi) is 1.70. The normalized spacial score (nSPS) is 35.1. The summed E-state index contributed by atoms with van der Waals surface area (Å²) >= 11 is 0. The standard InChI is InChI=1S/C12H14O2/c1-9-6-7-12(14-9)11-5-3-2-4-10(11)8-13-12/h2-5,9H,6-8H2,1H3. The summed E-state index contributed by atoms with van der Waals surface area (Å²) < 4.78 is 11.7. The fourth-order valence-corrected chi connectivity index (χ4v) is 2.43. The predicted octanol–water partition coefficient (Wildman–Crippen LogP) is 2.57. The summed E-state index contributed by atoms with van der Waals surface area (Å²) in [6, 6.07) is 8.36. The van der Waals surface area contributed by atoms with Crippen molar-refractivity contribution in [3.8, 4) is 0 Å². The van der Waals surface area contributed by atoms with Crippen molar-refractivity contribution < 1.29 is 9.47 Å². The highest BCUT2D eigenvalue weighted by Gasteiger charge is 2.46. The number of fused-ring (bicyclic) bond motifs is 2. The molecule has 14 heavy (non-hydrogen) atoms. The van der Waals surface area contributed by atoms with Crippen LogP contribution in [0.5, 0.6) is 0 Å². The van der Waals surface area contributed by atoms with Crippen LogP contribution in [0.2, 0.25) is 0 Å². The van der Waals surface area contributed by atoms with Gasteiger partial charge in [0.15, 0.2) is 5.79 Å². The molecule has 0 aromatic heterocycles. The number of ether oxygens (including phenoxy) is 2. The summed E-state index contributed by atoms with van der Waals surface area (Å²) in [5.41, 5.74) is 2.52. The molecular weight excluding hydrogens is 176 g/mol. The summed E-state index contributed by atoms with van der Waals surface area (Å²) in [4.78, 5) is 0. The van der Waals surface area contributed by atoms with Gasteiger partial charge in [-0.1, -0.05) is 24.3 Å². The van der Waals surface area contributed by atoms with Crippen molar-refractivity contribution >= 4 is 0 Å². The van der Waals surface area contributed by atoms with Crippen LogP contribution >= 0.6 is 0 Å². The Morgan fingerprint density at radius 3 is 3.00 bits per heavy atom. The summed E-state index contributed by atoms with van der Waals surface area (Å²) in [5.74, 6) is -0.407. The first-order valence-corrected chi connectivity index (χ1v) is 5.20. The molecule has 2 heterocycles. The molecule has 0 saturated carbocycles. The zero-order valence-electron chi connectivity index (χ0n) is 8.32. The molecule has 2 heteroatoms. The molecule has 1 spiro atoms. The highest BCUT2D eigenvalue weighted by Crippen LogP contribution is 2.46. The summed E-state index contributed by atoms with van der Waals surface area (Å²) in [6.07, 6.45) is 2.40. The third-order valence-electron chi connectivity index (χ3n) is 3.16. The van der Waals surface area contributed by atoms with Gasteiger partial charge < -0.3 is 9.47 Å². The first-order valence-electron chi connectivity index (χ1n) is 5.20. The minimum Gasteiger partial charge on any atom is -0.343 e. The molecule has 2 unspecified atom stereocenters. The van der Waals surface area contributed by atoms with Crippen molar-refractivity contribution in [2.24, 2.45) is 0 Å². The Morgan fingerprint density at radius 1 is 1.36 bits per heavy atom. The molecule has 1 saturated heterocycles. The maximum absolute atomic E-state index is 5.91. The number of benzene rings is 1. The van der Waals surface area contributed by atoms with E-state index in [0.29, 0.717) is 12.7 Å². The van der Waals surface area contributed by atoms with Gasteiger partial charge in [0.25, 0.3) is 0 Å². The van der Waals surface area contributed by atoms with Gasteiger partial charge >= 0.3 is 0 Å². The van der Waals surface area contributed by atoms with Crippen LogP contribution in [0.3, 0.4) is 0 Å². The van der Waals surface area contributed by atoms with Gasteiger partial charge in [-0.3, -0.25) is 0 Å². The van der Waals surface area contributed by atoms with E-state index in [1.165, 1.54) is 11.1 Å². The minimum atomic E-state index is -0.407. The van der Waals surface area contributed by atoms with Crippen LogP contribution < -0.4 is 0 Å². The van der Waals surface area contributed by atoms with Crippen molar-refractivity contribution in [3.05, 3.63) is 35.4 Å². The molecule has 3 rings (SSSR count). The third-order valence-corrected chi connectivity index (χ3v) is 3.16. The lowest BCUT2D eigenvalue weighted by molar-refractivity contribution is -0.225. The first-order chi connectivity index (χ1) is 6.80. The third kappa shape index (κ3) is 1.04. The quantitative estimate of drug-likeness (QED) is 0.626. The Bertz CT molecular complexity index is 357. The highest BCUT2D eigenvalue weighted by molar-refractivity contribution is 5.34. The topological polar surface area (TPSA) is 18.5 Å². The van der Waals surface area contributed by atoms with Gasteiger partial charge in [-0.15, -0.1) is 0 Å². The van der Waals surface area contributed by atoms with E-state index in [4.69, 9.17) is 9.47 Å². The lowest BCUT2D eigenvalue weighted by Crippen LogP contribution is -2.24. The van der Waals surface area contributed by atoms with Crippen LogP contribution in [0, 0.1) is 0 Å². The maximum Gasteiger partial charge on any atom is 0.195 e. The van der Waals surface area contributed by atoms with Gasteiger partial charge in [0.2, 0.25) is 0 Å². The molecule has 1 aromatic rings. The van der Waals surface area contributed by atoms with E-state index in [2.05, 4.69) is 31.2 Å². The molecule has 1 fully saturated rings. The zero-order valence-corrected chi connectivity index (χ0v) is 8.32. The smallest absolute Gasteiger partial charge is 0.195 e. The molecule has 2 atom stereocenters. The van der Waals surface area contributed by atoms with Crippen molar-refractivity contribution in [2.75, 3.05) is 0 Å².